The van der Waals surface area contributed by atoms with E-state index in [0.29, 0.717) is 0 Å². The lowest BCUT2D eigenvalue weighted by Crippen LogP contribution is -2.38. The molecule has 0 radical (unpaired) electrons. The molecule has 0 spiro atoms. The summed E-state index contributed by atoms with van der Waals surface area (Å²) in [5.74, 6) is -1.74. The molecular formula is C7H8O7. The van der Waals surface area contributed by atoms with E-state index in [4.69, 9.17) is 0 Å². The Bertz CT molecular complexity index is 245. The number of ether oxygens (including phenoxy) is 4. The maximum atomic E-state index is 11.0. The molecule has 78 valence electrons. The second-order valence-electron chi connectivity index (χ2n) is 2.37. The lowest BCUT2D eigenvalue weighted by molar-refractivity contribution is -0.160. The van der Waals surface area contributed by atoms with Gasteiger partial charge in [0.2, 0.25) is 12.2 Å². The molecule has 0 bridgehead atoms. The van der Waals surface area contributed by atoms with Crippen LogP contribution in [-0.2, 0) is 28.5 Å². The average molecular weight is 204 g/mol. The first-order valence-electron chi connectivity index (χ1n) is 3.63. The van der Waals surface area contributed by atoms with Crippen molar-refractivity contribution in [3.8, 4) is 0 Å². The van der Waals surface area contributed by atoms with Crippen LogP contribution >= 0.6 is 0 Å². The third kappa shape index (κ3) is 1.76. The Morgan fingerprint density at radius 1 is 1.07 bits per heavy atom. The number of cyclic esters (lactones) is 2. The van der Waals surface area contributed by atoms with Gasteiger partial charge in [0, 0.05) is 0 Å². The Labute approximate surface area is 78.9 Å². The van der Waals surface area contributed by atoms with Crippen molar-refractivity contribution < 1.29 is 33.3 Å². The van der Waals surface area contributed by atoms with Gasteiger partial charge < -0.3 is 18.9 Å². The third-order valence-corrected chi connectivity index (χ3v) is 1.59. The molecule has 0 aromatic heterocycles. The van der Waals surface area contributed by atoms with Gasteiger partial charge in [-0.15, -0.1) is 0 Å². The molecule has 0 unspecified atom stereocenters. The Hall–Kier alpha value is -1.79. The topological polar surface area (TPSA) is 88.1 Å². The minimum absolute atomic E-state index is 0.869. The van der Waals surface area contributed by atoms with Crippen molar-refractivity contribution in [2.45, 2.75) is 12.2 Å². The number of esters is 2. The lowest BCUT2D eigenvalue weighted by atomic mass is 10.2. The Balaban J connectivity index is 2.77. The van der Waals surface area contributed by atoms with Crippen LogP contribution in [0, 0.1) is 0 Å². The van der Waals surface area contributed by atoms with Crippen LogP contribution in [0.3, 0.4) is 0 Å². The molecule has 1 aliphatic rings. The predicted octanol–water partition coefficient (Wildman–Crippen LogP) is -0.764. The highest BCUT2D eigenvalue weighted by Gasteiger charge is 2.48. The fraction of sp³-hybridized carbons (Fsp3) is 0.571. The predicted molar refractivity (Wildman–Crippen MR) is 39.2 cm³/mol. The molecule has 0 aromatic carbocycles. The molecule has 0 aromatic rings. The molecule has 0 aliphatic carbocycles. The van der Waals surface area contributed by atoms with Gasteiger partial charge in [-0.25, -0.2) is 14.4 Å². The first kappa shape index (κ1) is 10.3. The summed E-state index contributed by atoms with van der Waals surface area (Å²) in [6.45, 7) is 0. The van der Waals surface area contributed by atoms with Crippen molar-refractivity contribution in [1.82, 2.24) is 0 Å². The number of carbonyl (C=O) groups is 3. The van der Waals surface area contributed by atoms with E-state index in [-0.39, 0.29) is 0 Å². The van der Waals surface area contributed by atoms with E-state index in [2.05, 4.69) is 18.9 Å². The Kier molecular flexibility index (Phi) is 2.90. The second kappa shape index (κ2) is 3.95. The van der Waals surface area contributed by atoms with Gasteiger partial charge in [-0.05, 0) is 0 Å². The van der Waals surface area contributed by atoms with Crippen LogP contribution in [0.25, 0.3) is 0 Å². The molecular weight excluding hydrogens is 196 g/mol. The van der Waals surface area contributed by atoms with E-state index in [1.165, 1.54) is 0 Å². The van der Waals surface area contributed by atoms with Crippen molar-refractivity contribution >= 4 is 18.1 Å². The van der Waals surface area contributed by atoms with Crippen LogP contribution in [0.15, 0.2) is 0 Å². The molecule has 0 amide bonds. The monoisotopic (exact) mass is 204 g/mol. The van der Waals surface area contributed by atoms with E-state index in [1.807, 2.05) is 0 Å². The van der Waals surface area contributed by atoms with E-state index < -0.39 is 30.3 Å². The molecule has 0 N–H and O–H groups in total. The molecule has 7 heteroatoms. The zero-order chi connectivity index (χ0) is 10.7. The van der Waals surface area contributed by atoms with Crippen molar-refractivity contribution in [1.29, 1.82) is 0 Å². The normalized spacial score (nSPS) is 24.9. The van der Waals surface area contributed by atoms with Crippen LogP contribution in [0.2, 0.25) is 0 Å². The highest BCUT2D eigenvalue weighted by Crippen LogP contribution is 2.17. The van der Waals surface area contributed by atoms with Gasteiger partial charge in [-0.3, -0.25) is 0 Å². The second-order valence-corrected chi connectivity index (χ2v) is 2.37. The van der Waals surface area contributed by atoms with Gasteiger partial charge in [0.15, 0.2) is 0 Å². The Morgan fingerprint density at radius 2 is 1.43 bits per heavy atom. The maximum Gasteiger partial charge on any atom is 0.510 e. The molecule has 1 heterocycles. The van der Waals surface area contributed by atoms with Crippen LogP contribution in [0.5, 0.6) is 0 Å². The summed E-state index contributed by atoms with van der Waals surface area (Å²) in [5.41, 5.74) is 0. The van der Waals surface area contributed by atoms with Gasteiger partial charge in [-0.1, -0.05) is 0 Å². The Morgan fingerprint density at radius 3 is 1.71 bits per heavy atom. The minimum atomic E-state index is -1.39. The third-order valence-electron chi connectivity index (χ3n) is 1.59. The molecule has 2 atom stereocenters. The highest BCUT2D eigenvalue weighted by atomic mass is 16.8. The van der Waals surface area contributed by atoms with Gasteiger partial charge in [-0.2, -0.15) is 0 Å². The average Bonchev–Trinajstić information content (AvgIpc) is 2.58. The standard InChI is InChI=1S/C7H8O7/c1-11-5(8)3-4(6(9)12-2)14-7(10)13-3/h3-4H,1-2H3/t3-,4-/m1/s1. The number of rotatable bonds is 2. The van der Waals surface area contributed by atoms with Crippen molar-refractivity contribution in [2.75, 3.05) is 14.2 Å². The number of carbonyl (C=O) groups excluding carboxylic acids is 3. The molecule has 1 aliphatic heterocycles. The summed E-state index contributed by atoms with van der Waals surface area (Å²) in [7, 11) is 2.20. The molecule has 0 saturated carbocycles. The molecule has 7 nitrogen and oxygen atoms in total. The van der Waals surface area contributed by atoms with Crippen LogP contribution in [-0.4, -0.2) is 44.5 Å². The van der Waals surface area contributed by atoms with Gasteiger partial charge >= 0.3 is 18.1 Å². The maximum absolute atomic E-state index is 11.0. The fourth-order valence-corrected chi connectivity index (χ4v) is 0.934. The van der Waals surface area contributed by atoms with E-state index >= 15 is 0 Å². The lowest BCUT2D eigenvalue weighted by Gasteiger charge is -2.10. The summed E-state index contributed by atoms with van der Waals surface area (Å²) >= 11 is 0. The number of methoxy groups -OCH3 is 2. The number of hydrogen-bond acceptors (Lipinski definition) is 7. The van der Waals surface area contributed by atoms with Gasteiger partial charge in [0.1, 0.15) is 0 Å². The quantitative estimate of drug-likeness (QED) is 0.431. The molecule has 1 saturated heterocycles. The van der Waals surface area contributed by atoms with Crippen LogP contribution in [0.1, 0.15) is 0 Å². The van der Waals surface area contributed by atoms with Crippen LogP contribution < -0.4 is 0 Å². The van der Waals surface area contributed by atoms with Gasteiger partial charge in [0.05, 0.1) is 14.2 Å². The van der Waals surface area contributed by atoms with Gasteiger partial charge in [0.25, 0.3) is 0 Å². The van der Waals surface area contributed by atoms with Crippen LogP contribution in [0.4, 0.5) is 4.79 Å². The van der Waals surface area contributed by atoms with E-state index in [9.17, 15) is 14.4 Å². The molecule has 1 fully saturated rings. The number of hydrogen-bond donors (Lipinski definition) is 0. The molecule has 1 rings (SSSR count). The highest BCUT2D eigenvalue weighted by molar-refractivity contribution is 5.90. The zero-order valence-electron chi connectivity index (χ0n) is 7.51. The van der Waals surface area contributed by atoms with Crippen molar-refractivity contribution in [3.63, 3.8) is 0 Å². The summed E-state index contributed by atoms with van der Waals surface area (Å²) in [4.78, 5) is 32.7. The summed E-state index contributed by atoms with van der Waals surface area (Å²) in [6, 6.07) is 0. The fourth-order valence-electron chi connectivity index (χ4n) is 0.934. The van der Waals surface area contributed by atoms with E-state index in [1.54, 1.807) is 0 Å². The van der Waals surface area contributed by atoms with E-state index in [0.717, 1.165) is 14.2 Å². The summed E-state index contributed by atoms with van der Waals surface area (Å²) < 4.78 is 17.4. The zero-order valence-corrected chi connectivity index (χ0v) is 7.51. The minimum Gasteiger partial charge on any atom is -0.466 e. The first-order valence-corrected chi connectivity index (χ1v) is 3.63. The van der Waals surface area contributed by atoms with Crippen molar-refractivity contribution in [2.24, 2.45) is 0 Å². The van der Waals surface area contributed by atoms with Crippen molar-refractivity contribution in [3.05, 3.63) is 0 Å². The SMILES string of the molecule is COC(=O)[C@@H]1OC(=O)O[C@H]1C(=O)OC. The first-order chi connectivity index (χ1) is 6.60. The summed E-state index contributed by atoms with van der Waals surface area (Å²) in [6.07, 6.45) is -3.88. The smallest absolute Gasteiger partial charge is 0.466 e. The summed E-state index contributed by atoms with van der Waals surface area (Å²) in [5, 5.41) is 0. The molecule has 14 heavy (non-hydrogen) atoms. The largest absolute Gasteiger partial charge is 0.510 e.